The summed E-state index contributed by atoms with van der Waals surface area (Å²) in [6, 6.07) is 15.5. The summed E-state index contributed by atoms with van der Waals surface area (Å²) in [5, 5.41) is 11.1. The molecule has 0 aliphatic rings. The highest BCUT2D eigenvalue weighted by atomic mass is 16.6. The summed E-state index contributed by atoms with van der Waals surface area (Å²) >= 11 is 0. The first-order valence-electron chi connectivity index (χ1n) is 10.1. The summed E-state index contributed by atoms with van der Waals surface area (Å²) in [6.45, 7) is 1.91. The van der Waals surface area contributed by atoms with E-state index in [1.54, 1.807) is 55.1 Å². The number of nitrogens with zero attached hydrogens (tertiary/aromatic N) is 4. The third kappa shape index (κ3) is 3.61. The smallest absolute Gasteiger partial charge is 0.321 e. The first-order valence-corrected chi connectivity index (χ1v) is 10.1. The Hall–Kier alpha value is -4.79. The molecule has 0 atom stereocenters. The quantitative estimate of drug-likeness (QED) is 0.312. The molecule has 0 aliphatic heterocycles. The maximum atomic E-state index is 12.8. The molecule has 0 fully saturated rings. The van der Waals surface area contributed by atoms with E-state index in [0.29, 0.717) is 11.3 Å². The first kappa shape index (κ1) is 20.1. The molecule has 1 N–H and O–H groups in total. The monoisotopic (exact) mass is 439 g/mol. The number of hydrogen-bond acceptors (Lipinski definition) is 6. The minimum Gasteiger partial charge on any atom is -0.424 e. The van der Waals surface area contributed by atoms with Crippen LogP contribution in [0, 0.1) is 17.0 Å². The Kier molecular flexibility index (Phi) is 4.91. The number of non-ortho nitro benzene ring substituents is 1. The van der Waals surface area contributed by atoms with Gasteiger partial charge in [0.15, 0.2) is 0 Å². The molecule has 3 aromatic heterocycles. The van der Waals surface area contributed by atoms with Crippen LogP contribution in [0.3, 0.4) is 0 Å². The van der Waals surface area contributed by atoms with Gasteiger partial charge in [0.1, 0.15) is 11.3 Å². The summed E-state index contributed by atoms with van der Waals surface area (Å²) in [5.74, 6) is 0.552. The number of ether oxygens (including phenoxy) is 1. The third-order valence-corrected chi connectivity index (χ3v) is 5.36. The molecule has 0 radical (unpaired) electrons. The summed E-state index contributed by atoms with van der Waals surface area (Å²) in [5.41, 5.74) is 4.22. The number of nitrogens with one attached hydrogen (secondary N) is 1. The molecule has 0 bridgehead atoms. The summed E-state index contributed by atoms with van der Waals surface area (Å²) in [6.07, 6.45) is 6.56. The fourth-order valence-electron chi connectivity index (χ4n) is 3.89. The van der Waals surface area contributed by atoms with E-state index in [9.17, 15) is 14.9 Å². The van der Waals surface area contributed by atoms with Gasteiger partial charge in [-0.3, -0.25) is 14.9 Å². The number of hydrogen-bond donors (Lipinski definition) is 1. The van der Waals surface area contributed by atoms with Gasteiger partial charge in [0.05, 0.1) is 4.92 Å². The van der Waals surface area contributed by atoms with Crippen molar-refractivity contribution in [2.24, 2.45) is 0 Å². The van der Waals surface area contributed by atoms with Gasteiger partial charge < -0.3 is 14.1 Å². The maximum absolute atomic E-state index is 12.8. The molecule has 0 saturated carbocycles. The van der Waals surface area contributed by atoms with Gasteiger partial charge in [-0.2, -0.15) is 0 Å². The zero-order valence-electron chi connectivity index (χ0n) is 17.4. The van der Waals surface area contributed by atoms with Crippen molar-refractivity contribution in [1.29, 1.82) is 0 Å². The maximum Gasteiger partial charge on any atom is 0.321 e. The van der Waals surface area contributed by atoms with E-state index < -0.39 is 4.92 Å². The number of rotatable bonds is 5. The largest absolute Gasteiger partial charge is 0.424 e. The van der Waals surface area contributed by atoms with Gasteiger partial charge in [-0.05, 0) is 48.4 Å². The van der Waals surface area contributed by atoms with Crippen LogP contribution in [0.15, 0.2) is 84.2 Å². The molecule has 9 heteroatoms. The Morgan fingerprint density at radius 3 is 2.27 bits per heavy atom. The van der Waals surface area contributed by atoms with Crippen LogP contribution in [0.4, 0.5) is 5.69 Å². The van der Waals surface area contributed by atoms with E-state index >= 15 is 0 Å². The second-order valence-electron chi connectivity index (χ2n) is 7.31. The standard InChI is InChI=1S/C24H17N5O4/c1-15-20(16-3-7-18(8-4-16)29(31)32)21(22-23(30)25-13-14-28(15)22)17-5-9-19(10-6-17)33-24-26-11-2-12-27-24/h2-14H,1H3,(H,25,30). The average molecular weight is 439 g/mol. The fourth-order valence-corrected chi connectivity index (χ4v) is 3.89. The molecule has 33 heavy (non-hydrogen) atoms. The molecule has 0 amide bonds. The molecule has 9 nitrogen and oxygen atoms in total. The van der Waals surface area contributed by atoms with Crippen LogP contribution >= 0.6 is 0 Å². The van der Waals surface area contributed by atoms with Gasteiger partial charge >= 0.3 is 6.01 Å². The van der Waals surface area contributed by atoms with Crippen LogP contribution in [-0.4, -0.2) is 24.3 Å². The van der Waals surface area contributed by atoms with Gasteiger partial charge in [0.2, 0.25) is 0 Å². The van der Waals surface area contributed by atoms with Crippen molar-refractivity contribution in [2.75, 3.05) is 0 Å². The highest BCUT2D eigenvalue weighted by molar-refractivity contribution is 5.96. The van der Waals surface area contributed by atoms with Crippen LogP contribution in [0.25, 0.3) is 27.8 Å². The van der Waals surface area contributed by atoms with E-state index in [1.165, 1.54) is 12.1 Å². The van der Waals surface area contributed by atoms with E-state index in [-0.39, 0.29) is 17.3 Å². The minimum absolute atomic E-state index is 0.00389. The van der Waals surface area contributed by atoms with Gasteiger partial charge in [-0.1, -0.05) is 12.1 Å². The highest BCUT2D eigenvalue weighted by Crippen LogP contribution is 2.40. The number of fused-ring (bicyclic) bond motifs is 1. The minimum atomic E-state index is -0.437. The van der Waals surface area contributed by atoms with Crippen molar-refractivity contribution in [3.8, 4) is 34.0 Å². The second kappa shape index (κ2) is 8.04. The second-order valence-corrected chi connectivity index (χ2v) is 7.31. The topological polar surface area (TPSA) is 115 Å². The molecule has 0 saturated heterocycles. The van der Waals surface area contributed by atoms with Crippen molar-refractivity contribution >= 4 is 11.2 Å². The van der Waals surface area contributed by atoms with Crippen LogP contribution < -0.4 is 10.3 Å². The Balaban J connectivity index is 1.66. The van der Waals surface area contributed by atoms with Crippen molar-refractivity contribution < 1.29 is 9.66 Å². The molecule has 0 unspecified atom stereocenters. The zero-order chi connectivity index (χ0) is 22.9. The van der Waals surface area contributed by atoms with Crippen LogP contribution in [0.5, 0.6) is 11.8 Å². The van der Waals surface area contributed by atoms with E-state index in [0.717, 1.165) is 27.9 Å². The number of aromatic nitrogens is 4. The third-order valence-electron chi connectivity index (χ3n) is 5.36. The van der Waals surface area contributed by atoms with Crippen molar-refractivity contribution in [3.05, 3.63) is 106 Å². The fraction of sp³-hybridized carbons (Fsp3) is 0.0417. The molecular weight excluding hydrogens is 422 g/mol. The van der Waals surface area contributed by atoms with Crippen LogP contribution in [0.1, 0.15) is 5.69 Å². The number of aryl methyl sites for hydroxylation is 1. The number of benzene rings is 2. The lowest BCUT2D eigenvalue weighted by Crippen LogP contribution is -2.08. The summed E-state index contributed by atoms with van der Waals surface area (Å²) < 4.78 is 7.50. The molecule has 0 spiro atoms. The Morgan fingerprint density at radius 2 is 1.61 bits per heavy atom. The zero-order valence-corrected chi connectivity index (χ0v) is 17.4. The molecule has 2 aromatic carbocycles. The van der Waals surface area contributed by atoms with Crippen molar-refractivity contribution in [1.82, 2.24) is 19.4 Å². The molecule has 162 valence electrons. The predicted molar refractivity (Wildman–Crippen MR) is 122 cm³/mol. The van der Waals surface area contributed by atoms with Crippen LogP contribution in [-0.2, 0) is 0 Å². The molecule has 5 aromatic rings. The Morgan fingerprint density at radius 1 is 0.970 bits per heavy atom. The molecule has 3 heterocycles. The van der Waals surface area contributed by atoms with Crippen molar-refractivity contribution in [3.63, 3.8) is 0 Å². The molecular formula is C24H17N5O4. The SMILES string of the molecule is Cc1c(-c2ccc([N+](=O)[O-])cc2)c(-c2ccc(Oc3ncccn3)cc2)c2c(=O)[nH]ccn12. The van der Waals surface area contributed by atoms with E-state index in [4.69, 9.17) is 4.74 Å². The van der Waals surface area contributed by atoms with Gasteiger partial charge in [-0.25, -0.2) is 9.97 Å². The number of aromatic amines is 1. The Bertz CT molecular complexity index is 1520. The number of nitro groups is 1. The van der Waals surface area contributed by atoms with Crippen molar-refractivity contribution in [2.45, 2.75) is 6.92 Å². The normalized spacial score (nSPS) is 10.9. The van der Waals surface area contributed by atoms with E-state index in [2.05, 4.69) is 15.0 Å². The summed E-state index contributed by atoms with van der Waals surface area (Å²) in [7, 11) is 0. The van der Waals surface area contributed by atoms with Gasteiger partial charge in [0, 0.05) is 53.7 Å². The predicted octanol–water partition coefficient (Wildman–Crippen LogP) is 4.76. The van der Waals surface area contributed by atoms with Gasteiger partial charge in [-0.15, -0.1) is 0 Å². The first-order chi connectivity index (χ1) is 16.0. The lowest BCUT2D eigenvalue weighted by molar-refractivity contribution is -0.384. The number of H-pyrrole nitrogens is 1. The summed E-state index contributed by atoms with van der Waals surface area (Å²) in [4.78, 5) is 34.3. The lowest BCUT2D eigenvalue weighted by Gasteiger charge is -2.08. The molecule has 0 aliphatic carbocycles. The highest BCUT2D eigenvalue weighted by Gasteiger charge is 2.21. The molecule has 5 rings (SSSR count). The van der Waals surface area contributed by atoms with Gasteiger partial charge in [0.25, 0.3) is 11.2 Å². The Labute approximate surface area is 187 Å². The van der Waals surface area contributed by atoms with E-state index in [1.807, 2.05) is 23.5 Å². The average Bonchev–Trinajstić information content (AvgIpc) is 3.14. The number of nitro benzene ring substituents is 1. The lowest BCUT2D eigenvalue weighted by atomic mass is 9.95. The van der Waals surface area contributed by atoms with Crippen LogP contribution in [0.2, 0.25) is 0 Å².